The van der Waals surface area contributed by atoms with Crippen molar-refractivity contribution < 1.29 is 0 Å². The van der Waals surface area contributed by atoms with E-state index in [1.807, 2.05) is 0 Å². The quantitative estimate of drug-likeness (QED) is 0.798. The molecule has 0 aromatic heterocycles. The lowest BCUT2D eigenvalue weighted by molar-refractivity contribution is 0.405. The molecule has 1 fully saturated rings. The average molecular weight is 218 g/mol. The third-order valence-corrected chi connectivity index (χ3v) is 3.80. The first-order valence-electron chi connectivity index (χ1n) is 6.13. The summed E-state index contributed by atoms with van der Waals surface area (Å²) in [7, 11) is 0. The first-order chi connectivity index (χ1) is 7.55. The van der Waals surface area contributed by atoms with Crippen LogP contribution in [-0.4, -0.2) is 18.6 Å². The number of hydrogen-bond acceptors (Lipinski definition) is 2. The summed E-state index contributed by atoms with van der Waals surface area (Å²) in [4.78, 5) is 0. The van der Waals surface area contributed by atoms with Crippen LogP contribution in [0.5, 0.6) is 0 Å². The van der Waals surface area contributed by atoms with E-state index >= 15 is 0 Å². The molecule has 1 aliphatic heterocycles. The number of benzene rings is 1. The highest BCUT2D eigenvalue weighted by Gasteiger charge is 2.38. The lowest BCUT2D eigenvalue weighted by Gasteiger charge is -2.30. The van der Waals surface area contributed by atoms with Crippen LogP contribution in [0.2, 0.25) is 0 Å². The Kier molecular flexibility index (Phi) is 3.04. The smallest absolute Gasteiger partial charge is 0.0359 e. The summed E-state index contributed by atoms with van der Waals surface area (Å²) in [6.45, 7) is 8.43. The maximum atomic E-state index is 6.47. The van der Waals surface area contributed by atoms with E-state index in [1.54, 1.807) is 0 Å². The van der Waals surface area contributed by atoms with E-state index in [0.29, 0.717) is 5.92 Å². The molecule has 0 aliphatic carbocycles. The van der Waals surface area contributed by atoms with Crippen LogP contribution in [0.25, 0.3) is 0 Å². The van der Waals surface area contributed by atoms with Crippen molar-refractivity contribution in [3.8, 4) is 0 Å². The van der Waals surface area contributed by atoms with Crippen molar-refractivity contribution in [2.24, 2.45) is 5.73 Å². The van der Waals surface area contributed by atoms with Crippen molar-refractivity contribution >= 4 is 0 Å². The fourth-order valence-corrected chi connectivity index (χ4v) is 2.81. The molecule has 2 heteroatoms. The highest BCUT2D eigenvalue weighted by molar-refractivity contribution is 5.34. The first-order valence-corrected chi connectivity index (χ1v) is 6.13. The minimum atomic E-state index is -0.0692. The van der Waals surface area contributed by atoms with E-state index < -0.39 is 0 Å². The molecule has 0 spiro atoms. The van der Waals surface area contributed by atoms with E-state index in [9.17, 15) is 0 Å². The zero-order valence-corrected chi connectivity index (χ0v) is 10.5. The predicted molar refractivity (Wildman–Crippen MR) is 68.7 cm³/mol. The summed E-state index contributed by atoms with van der Waals surface area (Å²) in [5.74, 6) is 0.455. The Hall–Kier alpha value is -0.860. The van der Waals surface area contributed by atoms with E-state index in [-0.39, 0.29) is 5.54 Å². The number of nitrogens with one attached hydrogen (secondary N) is 1. The van der Waals surface area contributed by atoms with Gasteiger partial charge < -0.3 is 11.1 Å². The van der Waals surface area contributed by atoms with Gasteiger partial charge in [-0.15, -0.1) is 0 Å². The van der Waals surface area contributed by atoms with Crippen LogP contribution in [0.4, 0.5) is 0 Å². The lowest BCUT2D eigenvalue weighted by atomic mass is 9.80. The molecule has 3 N–H and O–H groups in total. The van der Waals surface area contributed by atoms with Crippen molar-refractivity contribution in [2.75, 3.05) is 13.1 Å². The molecule has 2 nitrogen and oxygen atoms in total. The molecule has 0 amide bonds. The van der Waals surface area contributed by atoms with Gasteiger partial charge in [0.2, 0.25) is 0 Å². The summed E-state index contributed by atoms with van der Waals surface area (Å²) in [5.41, 5.74) is 10.5. The Bertz CT molecular complexity index is 366. The largest absolute Gasteiger partial charge is 0.323 e. The minimum Gasteiger partial charge on any atom is -0.323 e. The third kappa shape index (κ3) is 2.00. The van der Waals surface area contributed by atoms with Gasteiger partial charge in [0.05, 0.1) is 0 Å². The van der Waals surface area contributed by atoms with E-state index in [1.165, 1.54) is 16.7 Å². The number of nitrogens with two attached hydrogens (primary N) is 1. The summed E-state index contributed by atoms with van der Waals surface area (Å²) < 4.78 is 0. The lowest BCUT2D eigenvalue weighted by Crippen LogP contribution is -2.45. The third-order valence-electron chi connectivity index (χ3n) is 3.80. The van der Waals surface area contributed by atoms with Gasteiger partial charge in [-0.1, -0.05) is 36.2 Å². The molecule has 1 aromatic carbocycles. The van der Waals surface area contributed by atoms with Gasteiger partial charge >= 0.3 is 0 Å². The first kappa shape index (κ1) is 11.6. The van der Waals surface area contributed by atoms with Crippen LogP contribution in [0, 0.1) is 13.8 Å². The molecule has 88 valence electrons. The van der Waals surface area contributed by atoms with Gasteiger partial charge in [0.25, 0.3) is 0 Å². The molecule has 1 heterocycles. The molecule has 2 atom stereocenters. The minimum absolute atomic E-state index is 0.0692. The standard InChI is InChI=1S/C14H22N2/c1-4-14(15)9-16-8-13(14)12-6-10(2)5-11(3)7-12/h5-7,13,16H,4,8-9,15H2,1-3H3. The number of rotatable bonds is 2. The van der Waals surface area contributed by atoms with Crippen molar-refractivity contribution in [2.45, 2.75) is 38.6 Å². The molecule has 0 radical (unpaired) electrons. The molecule has 1 aromatic rings. The van der Waals surface area contributed by atoms with Gasteiger partial charge in [-0.05, 0) is 25.8 Å². The van der Waals surface area contributed by atoms with E-state index in [4.69, 9.17) is 5.73 Å². The van der Waals surface area contributed by atoms with Gasteiger partial charge in [-0.25, -0.2) is 0 Å². The van der Waals surface area contributed by atoms with Crippen molar-refractivity contribution in [1.82, 2.24) is 5.32 Å². The summed E-state index contributed by atoms with van der Waals surface area (Å²) >= 11 is 0. The number of hydrogen-bond donors (Lipinski definition) is 2. The molecule has 0 bridgehead atoms. The highest BCUT2D eigenvalue weighted by Crippen LogP contribution is 2.33. The SMILES string of the molecule is CCC1(N)CNCC1c1cc(C)cc(C)c1. The zero-order chi connectivity index (χ0) is 11.8. The van der Waals surface area contributed by atoms with Crippen molar-refractivity contribution in [1.29, 1.82) is 0 Å². The molecule has 1 aliphatic rings. The van der Waals surface area contributed by atoms with Crippen molar-refractivity contribution in [3.05, 3.63) is 34.9 Å². The molecule has 0 saturated carbocycles. The second kappa shape index (κ2) is 4.19. The van der Waals surface area contributed by atoms with Crippen LogP contribution in [-0.2, 0) is 0 Å². The van der Waals surface area contributed by atoms with Crippen LogP contribution < -0.4 is 11.1 Å². The topological polar surface area (TPSA) is 38.0 Å². The van der Waals surface area contributed by atoms with Crippen LogP contribution in [0.1, 0.15) is 36.0 Å². The highest BCUT2D eigenvalue weighted by atomic mass is 15.0. The monoisotopic (exact) mass is 218 g/mol. The Morgan fingerprint density at radius 3 is 2.50 bits per heavy atom. The number of aryl methyl sites for hydroxylation is 2. The second-order valence-electron chi connectivity index (χ2n) is 5.19. The maximum Gasteiger partial charge on any atom is 0.0359 e. The zero-order valence-electron chi connectivity index (χ0n) is 10.5. The Balaban J connectivity index is 2.36. The Labute approximate surface area is 98.2 Å². The summed E-state index contributed by atoms with van der Waals surface area (Å²) in [6, 6.07) is 6.78. The predicted octanol–water partition coefficient (Wildman–Crippen LogP) is 2.10. The normalized spacial score (nSPS) is 29.6. The molecule has 2 unspecified atom stereocenters. The van der Waals surface area contributed by atoms with Gasteiger partial charge in [-0.3, -0.25) is 0 Å². The molecule has 1 saturated heterocycles. The van der Waals surface area contributed by atoms with Gasteiger partial charge in [0, 0.05) is 24.5 Å². The second-order valence-corrected chi connectivity index (χ2v) is 5.19. The Morgan fingerprint density at radius 1 is 1.31 bits per heavy atom. The molecular formula is C14H22N2. The van der Waals surface area contributed by atoms with Crippen LogP contribution in [0.3, 0.4) is 0 Å². The summed E-state index contributed by atoms with van der Waals surface area (Å²) in [6.07, 6.45) is 1.03. The van der Waals surface area contributed by atoms with Crippen LogP contribution in [0.15, 0.2) is 18.2 Å². The van der Waals surface area contributed by atoms with Gasteiger partial charge in [-0.2, -0.15) is 0 Å². The van der Waals surface area contributed by atoms with Crippen LogP contribution >= 0.6 is 0 Å². The average Bonchev–Trinajstić information content (AvgIpc) is 2.60. The molecule has 16 heavy (non-hydrogen) atoms. The summed E-state index contributed by atoms with van der Waals surface area (Å²) in [5, 5.41) is 3.43. The van der Waals surface area contributed by atoms with Gasteiger partial charge in [0.15, 0.2) is 0 Å². The fraction of sp³-hybridized carbons (Fsp3) is 0.571. The van der Waals surface area contributed by atoms with E-state index in [2.05, 4.69) is 44.3 Å². The van der Waals surface area contributed by atoms with Crippen molar-refractivity contribution in [3.63, 3.8) is 0 Å². The molecular weight excluding hydrogens is 196 g/mol. The maximum absolute atomic E-state index is 6.47. The Morgan fingerprint density at radius 2 is 1.94 bits per heavy atom. The fourth-order valence-electron chi connectivity index (χ4n) is 2.81. The van der Waals surface area contributed by atoms with E-state index in [0.717, 1.165) is 19.5 Å². The molecule has 2 rings (SSSR count). The van der Waals surface area contributed by atoms with Gasteiger partial charge in [0.1, 0.15) is 0 Å².